The second-order valence-corrected chi connectivity index (χ2v) is 6.83. The van der Waals surface area contributed by atoms with Crippen LogP contribution < -0.4 is 5.32 Å². The van der Waals surface area contributed by atoms with Crippen LogP contribution in [0.3, 0.4) is 0 Å². The fraction of sp³-hybridized carbons (Fsp3) is 0.0476. The Bertz CT molecular complexity index is 1050. The quantitative estimate of drug-likeness (QED) is 0.434. The highest BCUT2D eigenvalue weighted by Crippen LogP contribution is 2.30. The highest BCUT2D eigenvalue weighted by molar-refractivity contribution is 6.31. The van der Waals surface area contributed by atoms with Crippen molar-refractivity contribution in [3.63, 3.8) is 0 Å². The summed E-state index contributed by atoms with van der Waals surface area (Å²) in [5.74, 6) is 0.904. The topological polar surface area (TPSA) is 51.0 Å². The molecule has 0 fully saturated rings. The molecule has 1 aromatic heterocycles. The summed E-state index contributed by atoms with van der Waals surface area (Å²) in [7, 11) is 0. The number of nitrogens with one attached hydrogen (secondary N) is 1. The molecule has 1 heterocycles. The number of aromatic nitrogens is 2. The van der Waals surface area contributed by atoms with Crippen molar-refractivity contribution in [1.29, 1.82) is 0 Å². The molecule has 0 spiro atoms. The van der Waals surface area contributed by atoms with Crippen LogP contribution in [0.15, 0.2) is 83.3 Å². The first kappa shape index (κ1) is 17.6. The maximum Gasteiger partial charge on any atom is 0.247 e. The van der Waals surface area contributed by atoms with Gasteiger partial charge in [-0.2, -0.15) is 0 Å². The third-order valence-electron chi connectivity index (χ3n) is 4.03. The molecular weight excluding hydrogens is 381 g/mol. The summed E-state index contributed by atoms with van der Waals surface area (Å²) in [6, 6.07) is 24.3. The lowest BCUT2D eigenvalue weighted by atomic mass is 10.1. The highest BCUT2D eigenvalue weighted by Gasteiger charge is 2.22. The molecule has 0 bridgehead atoms. The van der Waals surface area contributed by atoms with E-state index in [1.165, 1.54) is 0 Å². The van der Waals surface area contributed by atoms with Crippen molar-refractivity contribution in [3.05, 3.63) is 100 Å². The van der Waals surface area contributed by atoms with Crippen molar-refractivity contribution >= 4 is 28.9 Å². The Hall–Kier alpha value is -2.82. The van der Waals surface area contributed by atoms with E-state index in [0.717, 1.165) is 16.8 Å². The second kappa shape index (κ2) is 7.82. The molecule has 0 radical (unpaired) electrons. The van der Waals surface area contributed by atoms with Gasteiger partial charge in [0.2, 0.25) is 11.8 Å². The molecule has 27 heavy (non-hydrogen) atoms. The van der Waals surface area contributed by atoms with Gasteiger partial charge in [0.1, 0.15) is 6.04 Å². The Labute approximate surface area is 166 Å². The molecule has 0 amide bonds. The van der Waals surface area contributed by atoms with Gasteiger partial charge in [0.15, 0.2) is 0 Å². The number of nitrogens with zero attached hydrogens (tertiary/aromatic N) is 2. The molecule has 0 saturated carbocycles. The van der Waals surface area contributed by atoms with Crippen LogP contribution >= 0.6 is 23.2 Å². The van der Waals surface area contributed by atoms with Crippen LogP contribution in [-0.2, 0) is 0 Å². The maximum atomic E-state index is 6.19. The molecule has 0 aliphatic heterocycles. The lowest BCUT2D eigenvalue weighted by Gasteiger charge is -2.17. The van der Waals surface area contributed by atoms with E-state index in [4.69, 9.17) is 27.6 Å². The van der Waals surface area contributed by atoms with Crippen LogP contribution in [0.5, 0.6) is 0 Å². The third kappa shape index (κ3) is 4.13. The number of halogens is 2. The van der Waals surface area contributed by atoms with Crippen LogP contribution in [0.4, 0.5) is 5.69 Å². The first-order valence-electron chi connectivity index (χ1n) is 8.35. The van der Waals surface area contributed by atoms with Crippen LogP contribution in [0.25, 0.3) is 11.5 Å². The first-order valence-corrected chi connectivity index (χ1v) is 9.11. The van der Waals surface area contributed by atoms with Gasteiger partial charge in [-0.25, -0.2) is 0 Å². The SMILES string of the molecule is Clc1cccc(N[C@H](c2cccc(Cl)c2)c2nnc(-c3ccccc3)o2)c1. The minimum Gasteiger partial charge on any atom is -0.418 e. The van der Waals surface area contributed by atoms with Crippen LogP contribution in [0, 0.1) is 0 Å². The second-order valence-electron chi connectivity index (χ2n) is 5.95. The molecule has 6 heteroatoms. The third-order valence-corrected chi connectivity index (χ3v) is 4.50. The minimum atomic E-state index is -0.368. The molecule has 4 aromatic rings. The molecule has 4 rings (SSSR count). The molecule has 134 valence electrons. The maximum absolute atomic E-state index is 6.19. The number of hydrogen-bond acceptors (Lipinski definition) is 4. The summed E-state index contributed by atoms with van der Waals surface area (Å²) in [6.07, 6.45) is 0. The van der Waals surface area contributed by atoms with Crippen molar-refractivity contribution < 1.29 is 4.42 Å². The fourth-order valence-electron chi connectivity index (χ4n) is 2.77. The van der Waals surface area contributed by atoms with E-state index in [-0.39, 0.29) is 6.04 Å². The predicted octanol–water partition coefficient (Wildman–Crippen LogP) is 6.24. The highest BCUT2D eigenvalue weighted by atomic mass is 35.5. The number of rotatable bonds is 5. The molecule has 3 aromatic carbocycles. The molecule has 4 nitrogen and oxygen atoms in total. The molecule has 0 unspecified atom stereocenters. The van der Waals surface area contributed by atoms with Gasteiger partial charge in [-0.15, -0.1) is 10.2 Å². The largest absolute Gasteiger partial charge is 0.418 e. The smallest absolute Gasteiger partial charge is 0.247 e. The van der Waals surface area contributed by atoms with Crippen molar-refractivity contribution in [2.24, 2.45) is 0 Å². The van der Waals surface area contributed by atoms with E-state index in [0.29, 0.717) is 21.8 Å². The predicted molar refractivity (Wildman–Crippen MR) is 108 cm³/mol. The lowest BCUT2D eigenvalue weighted by Crippen LogP contribution is -2.13. The summed E-state index contributed by atoms with van der Waals surface area (Å²) in [5.41, 5.74) is 2.61. The van der Waals surface area contributed by atoms with Crippen molar-refractivity contribution in [2.45, 2.75) is 6.04 Å². The zero-order chi connectivity index (χ0) is 18.6. The van der Waals surface area contributed by atoms with Crippen LogP contribution in [0.2, 0.25) is 10.0 Å². The van der Waals surface area contributed by atoms with Crippen molar-refractivity contribution in [2.75, 3.05) is 5.32 Å². The molecule has 1 atom stereocenters. The zero-order valence-corrected chi connectivity index (χ0v) is 15.7. The average Bonchev–Trinajstić information content (AvgIpc) is 3.17. The molecule has 0 saturated heterocycles. The van der Waals surface area contributed by atoms with Gasteiger partial charge < -0.3 is 9.73 Å². The van der Waals surface area contributed by atoms with Gasteiger partial charge in [0.05, 0.1) is 0 Å². The zero-order valence-electron chi connectivity index (χ0n) is 14.1. The number of hydrogen-bond donors (Lipinski definition) is 1. The fourth-order valence-corrected chi connectivity index (χ4v) is 3.16. The average molecular weight is 396 g/mol. The monoisotopic (exact) mass is 395 g/mol. The van der Waals surface area contributed by atoms with E-state index in [9.17, 15) is 0 Å². The Morgan fingerprint density at radius 1 is 0.778 bits per heavy atom. The van der Waals surface area contributed by atoms with Gasteiger partial charge in [0.25, 0.3) is 0 Å². The summed E-state index contributed by atoms with van der Waals surface area (Å²) in [4.78, 5) is 0. The Morgan fingerprint density at radius 3 is 2.26 bits per heavy atom. The first-order chi connectivity index (χ1) is 13.2. The van der Waals surface area contributed by atoms with Crippen molar-refractivity contribution in [3.8, 4) is 11.5 Å². The van der Waals surface area contributed by atoms with Gasteiger partial charge in [0, 0.05) is 21.3 Å². The van der Waals surface area contributed by atoms with E-state index in [1.54, 1.807) is 0 Å². The Balaban J connectivity index is 1.73. The Kier molecular flexibility index (Phi) is 5.10. The van der Waals surface area contributed by atoms with E-state index in [2.05, 4.69) is 15.5 Å². The summed E-state index contributed by atoms with van der Waals surface area (Å²) in [5, 5.41) is 13.1. The molecule has 1 N–H and O–H groups in total. The molecule has 0 aliphatic rings. The van der Waals surface area contributed by atoms with Crippen LogP contribution in [0.1, 0.15) is 17.5 Å². The standard InChI is InChI=1S/C21H15Cl2N3O/c22-16-9-4-8-15(12-16)19(24-18-11-5-10-17(23)13-18)21-26-25-20(27-21)14-6-2-1-3-7-14/h1-13,19,24H/t19-/m1/s1. The lowest BCUT2D eigenvalue weighted by molar-refractivity contribution is 0.494. The van der Waals surface area contributed by atoms with E-state index in [1.807, 2.05) is 78.9 Å². The van der Waals surface area contributed by atoms with Gasteiger partial charge in [-0.05, 0) is 48.0 Å². The van der Waals surface area contributed by atoms with E-state index >= 15 is 0 Å². The van der Waals surface area contributed by atoms with Gasteiger partial charge >= 0.3 is 0 Å². The van der Waals surface area contributed by atoms with E-state index < -0.39 is 0 Å². The molecular formula is C21H15Cl2N3O. The Morgan fingerprint density at radius 2 is 1.52 bits per heavy atom. The molecule has 0 aliphatic carbocycles. The summed E-state index contributed by atoms with van der Waals surface area (Å²) in [6.45, 7) is 0. The normalized spacial score (nSPS) is 11.9. The van der Waals surface area contributed by atoms with Crippen molar-refractivity contribution in [1.82, 2.24) is 10.2 Å². The van der Waals surface area contributed by atoms with Gasteiger partial charge in [-0.1, -0.05) is 59.6 Å². The van der Waals surface area contributed by atoms with Gasteiger partial charge in [-0.3, -0.25) is 0 Å². The summed E-state index contributed by atoms with van der Waals surface area (Å²) < 4.78 is 5.97. The number of benzene rings is 3. The summed E-state index contributed by atoms with van der Waals surface area (Å²) >= 11 is 12.3. The number of anilines is 1. The minimum absolute atomic E-state index is 0.368. The van der Waals surface area contributed by atoms with Crippen LogP contribution in [-0.4, -0.2) is 10.2 Å².